The summed E-state index contributed by atoms with van der Waals surface area (Å²) in [6.07, 6.45) is 1.45. The Hall–Kier alpha value is 0.800. The first-order chi connectivity index (χ1) is 3.27. The van der Waals surface area contributed by atoms with Crippen molar-refractivity contribution in [1.29, 1.82) is 0 Å². The quantitative estimate of drug-likeness (QED) is 0.456. The van der Waals surface area contributed by atoms with Crippen LogP contribution >= 0.6 is 39.1 Å². The molecule has 3 heteroatoms. The average molecular weight is 206 g/mol. The maximum atomic E-state index is 5.11. The summed E-state index contributed by atoms with van der Waals surface area (Å²) in [5.41, 5.74) is 0. The molecule has 0 N–H and O–H groups in total. The van der Waals surface area contributed by atoms with Crippen molar-refractivity contribution in [3.63, 3.8) is 0 Å². The molecule has 0 aromatic rings. The fraction of sp³-hybridized carbons (Fsp3) is 0.500. The normalized spacial score (nSPS) is 7.00. The molecular formula is C4H7BrCl2. The third-order valence-corrected chi connectivity index (χ3v) is 0.535. The Bertz CT molecular complexity index is 36.7. The minimum atomic E-state index is -0.407. The summed E-state index contributed by atoms with van der Waals surface area (Å²) in [6, 6.07) is 0. The standard InChI is InChI=1S/C3H4Cl2.CH3Br/c1-2-3(4)5;1-2/h2-3H,1H2;1H3. The molecule has 7 heavy (non-hydrogen) atoms. The van der Waals surface area contributed by atoms with E-state index in [-0.39, 0.29) is 0 Å². The first-order valence-electron chi connectivity index (χ1n) is 1.56. The first kappa shape index (κ1) is 10.7. The predicted molar refractivity (Wildman–Crippen MR) is 40.5 cm³/mol. The van der Waals surface area contributed by atoms with Gasteiger partial charge in [0.15, 0.2) is 0 Å². The van der Waals surface area contributed by atoms with Crippen molar-refractivity contribution in [3.8, 4) is 0 Å². The molecule has 0 spiro atoms. The van der Waals surface area contributed by atoms with Crippen LogP contribution in [0.15, 0.2) is 12.7 Å². The van der Waals surface area contributed by atoms with E-state index in [1.807, 2.05) is 5.83 Å². The van der Waals surface area contributed by atoms with Crippen molar-refractivity contribution in [2.75, 3.05) is 5.83 Å². The van der Waals surface area contributed by atoms with Crippen molar-refractivity contribution in [1.82, 2.24) is 0 Å². The molecule has 0 saturated heterocycles. The van der Waals surface area contributed by atoms with Crippen molar-refractivity contribution >= 4 is 39.1 Å². The number of rotatable bonds is 1. The van der Waals surface area contributed by atoms with Gasteiger partial charge >= 0.3 is 0 Å². The molecule has 0 bridgehead atoms. The molecule has 0 heterocycles. The van der Waals surface area contributed by atoms with Crippen molar-refractivity contribution in [2.45, 2.75) is 4.84 Å². The summed E-state index contributed by atoms with van der Waals surface area (Å²) < 4.78 is 0. The molecule has 0 rings (SSSR count). The predicted octanol–water partition coefficient (Wildman–Crippen LogP) is 2.99. The second-order valence-corrected chi connectivity index (χ2v) is 1.73. The molecule has 0 nitrogen and oxygen atoms in total. The number of hydrogen-bond donors (Lipinski definition) is 0. The zero-order valence-corrected chi connectivity index (χ0v) is 7.09. The van der Waals surface area contributed by atoms with Crippen molar-refractivity contribution in [3.05, 3.63) is 12.7 Å². The lowest BCUT2D eigenvalue weighted by molar-refractivity contribution is 1.64. The highest BCUT2D eigenvalue weighted by atomic mass is 79.9. The molecule has 0 unspecified atom stereocenters. The zero-order chi connectivity index (χ0) is 6.28. The molecule has 0 aliphatic rings. The molecule has 0 radical (unpaired) electrons. The van der Waals surface area contributed by atoms with Gasteiger partial charge < -0.3 is 0 Å². The van der Waals surface area contributed by atoms with Gasteiger partial charge in [0, 0.05) is 0 Å². The van der Waals surface area contributed by atoms with Crippen LogP contribution in [-0.4, -0.2) is 10.7 Å². The summed E-state index contributed by atoms with van der Waals surface area (Å²) in [4.78, 5) is -0.407. The average Bonchev–Trinajstić information content (AvgIpc) is 1.73. The first-order valence-corrected chi connectivity index (χ1v) is 4.01. The highest BCUT2D eigenvalue weighted by Crippen LogP contribution is 1.99. The summed E-state index contributed by atoms with van der Waals surface area (Å²) in [5, 5.41) is 0. The van der Waals surface area contributed by atoms with Crippen LogP contribution in [0.25, 0.3) is 0 Å². The molecular weight excluding hydrogens is 199 g/mol. The molecule has 0 aliphatic carbocycles. The van der Waals surface area contributed by atoms with Gasteiger partial charge in [0.05, 0.1) is 0 Å². The van der Waals surface area contributed by atoms with Gasteiger partial charge in [-0.3, -0.25) is 0 Å². The molecule has 0 fully saturated rings. The number of hydrogen-bond acceptors (Lipinski definition) is 0. The van der Waals surface area contributed by atoms with E-state index in [0.717, 1.165) is 0 Å². The van der Waals surface area contributed by atoms with Crippen LogP contribution in [0.1, 0.15) is 0 Å². The second kappa shape index (κ2) is 9.93. The lowest BCUT2D eigenvalue weighted by Crippen LogP contribution is -1.68. The SMILES string of the molecule is C=CC(Cl)Cl.CBr. The highest BCUT2D eigenvalue weighted by molar-refractivity contribution is 9.08. The zero-order valence-electron chi connectivity index (χ0n) is 4.00. The fourth-order valence-corrected chi connectivity index (χ4v) is 0. The fourth-order valence-electron chi connectivity index (χ4n) is 0. The lowest BCUT2D eigenvalue weighted by Gasteiger charge is -1.77. The van der Waals surface area contributed by atoms with Crippen LogP contribution in [0.5, 0.6) is 0 Å². The van der Waals surface area contributed by atoms with Gasteiger partial charge in [-0.1, -0.05) is 22.0 Å². The van der Waals surface area contributed by atoms with Crippen LogP contribution < -0.4 is 0 Å². The highest BCUT2D eigenvalue weighted by Gasteiger charge is 1.80. The van der Waals surface area contributed by atoms with Gasteiger partial charge in [-0.25, -0.2) is 0 Å². The van der Waals surface area contributed by atoms with Gasteiger partial charge in [0.2, 0.25) is 0 Å². The summed E-state index contributed by atoms with van der Waals surface area (Å²) in [7, 11) is 0. The van der Waals surface area contributed by atoms with Crippen LogP contribution in [0.4, 0.5) is 0 Å². The Morgan fingerprint density at radius 2 is 1.71 bits per heavy atom. The summed E-state index contributed by atoms with van der Waals surface area (Å²) in [6.45, 7) is 3.30. The van der Waals surface area contributed by atoms with Crippen molar-refractivity contribution in [2.24, 2.45) is 0 Å². The van der Waals surface area contributed by atoms with E-state index in [4.69, 9.17) is 23.2 Å². The number of halogens is 3. The Morgan fingerprint density at radius 1 is 1.57 bits per heavy atom. The third kappa shape index (κ3) is 20.0. The molecule has 0 saturated carbocycles. The van der Waals surface area contributed by atoms with Crippen molar-refractivity contribution < 1.29 is 0 Å². The Labute approximate surface area is 62.6 Å². The molecule has 0 aromatic heterocycles. The number of alkyl halides is 3. The van der Waals surface area contributed by atoms with Gasteiger partial charge in [-0.15, -0.1) is 29.8 Å². The maximum Gasteiger partial charge on any atom is 0.125 e. The Kier molecular flexibility index (Phi) is 15.2. The molecule has 0 aromatic carbocycles. The third-order valence-electron chi connectivity index (χ3n) is 0.178. The van der Waals surface area contributed by atoms with E-state index >= 15 is 0 Å². The Balaban J connectivity index is 0. The van der Waals surface area contributed by atoms with Gasteiger partial charge in [0.1, 0.15) is 4.84 Å². The molecule has 0 amide bonds. The number of allylic oxidation sites excluding steroid dienone is 1. The molecule has 44 valence electrons. The van der Waals surface area contributed by atoms with E-state index in [9.17, 15) is 0 Å². The van der Waals surface area contributed by atoms with Crippen LogP contribution in [0.2, 0.25) is 0 Å². The smallest absolute Gasteiger partial charge is 0.101 e. The topological polar surface area (TPSA) is 0 Å². The van der Waals surface area contributed by atoms with E-state index in [1.54, 1.807) is 0 Å². The van der Waals surface area contributed by atoms with E-state index in [1.165, 1.54) is 6.08 Å². The molecule has 0 aliphatic heterocycles. The summed E-state index contributed by atoms with van der Waals surface area (Å²) in [5.74, 6) is 1.81. The minimum absolute atomic E-state index is 0.407. The summed E-state index contributed by atoms with van der Waals surface area (Å²) >= 11 is 13.2. The maximum absolute atomic E-state index is 5.11. The second-order valence-electron chi connectivity index (χ2n) is 0.570. The van der Waals surface area contributed by atoms with Crippen LogP contribution in [0, 0.1) is 0 Å². The van der Waals surface area contributed by atoms with Crippen LogP contribution in [0.3, 0.4) is 0 Å². The lowest BCUT2D eigenvalue weighted by atomic mass is 10.8. The van der Waals surface area contributed by atoms with Gasteiger partial charge in [-0.05, 0) is 5.83 Å². The largest absolute Gasteiger partial charge is 0.125 e. The van der Waals surface area contributed by atoms with Gasteiger partial charge in [0.25, 0.3) is 0 Å². The van der Waals surface area contributed by atoms with E-state index < -0.39 is 4.84 Å². The van der Waals surface area contributed by atoms with Crippen LogP contribution in [-0.2, 0) is 0 Å². The van der Waals surface area contributed by atoms with Gasteiger partial charge in [-0.2, -0.15) is 0 Å². The Morgan fingerprint density at radius 3 is 1.71 bits per heavy atom. The van der Waals surface area contributed by atoms with E-state index in [2.05, 4.69) is 22.5 Å². The molecule has 0 atom stereocenters. The monoisotopic (exact) mass is 204 g/mol. The van der Waals surface area contributed by atoms with E-state index in [0.29, 0.717) is 0 Å². The minimum Gasteiger partial charge on any atom is -0.101 e.